The maximum atomic E-state index is 12.8. The zero-order chi connectivity index (χ0) is 24.5. The van der Waals surface area contributed by atoms with Crippen molar-refractivity contribution >= 4 is 17.6 Å². The second kappa shape index (κ2) is 12.1. The number of ketones is 1. The van der Waals surface area contributed by atoms with Crippen LogP contribution in [0.3, 0.4) is 0 Å². The summed E-state index contributed by atoms with van der Waals surface area (Å²) in [7, 11) is 2.73. The van der Waals surface area contributed by atoms with Crippen molar-refractivity contribution in [1.29, 1.82) is 0 Å². The smallest absolute Gasteiger partial charge is 0.254 e. The van der Waals surface area contributed by atoms with Gasteiger partial charge >= 0.3 is 0 Å². The number of morpholine rings is 1. The first-order valence-corrected chi connectivity index (χ1v) is 11.1. The summed E-state index contributed by atoms with van der Waals surface area (Å²) in [6.07, 6.45) is 0. The number of aliphatic hydroxyl groups is 1. The molecule has 1 aliphatic heterocycles. The van der Waals surface area contributed by atoms with Crippen LogP contribution in [0, 0.1) is 11.8 Å². The predicted octanol–water partition coefficient (Wildman–Crippen LogP) is 0.785. The summed E-state index contributed by atoms with van der Waals surface area (Å²) in [5.41, 5.74) is 3.15. The van der Waals surface area contributed by atoms with Gasteiger partial charge in [0.25, 0.3) is 5.91 Å². The Morgan fingerprint density at radius 3 is 2.21 bits per heavy atom. The predicted molar refractivity (Wildman–Crippen MR) is 128 cm³/mol. The molecule has 1 atom stereocenters. The number of amides is 2. The molecule has 2 aromatic carbocycles. The molecule has 2 N–H and O–H groups in total. The van der Waals surface area contributed by atoms with Gasteiger partial charge in [0.15, 0.2) is 11.8 Å². The van der Waals surface area contributed by atoms with Gasteiger partial charge < -0.3 is 20.1 Å². The van der Waals surface area contributed by atoms with Crippen LogP contribution in [0.2, 0.25) is 0 Å². The topological polar surface area (TPSA) is 99.2 Å². The summed E-state index contributed by atoms with van der Waals surface area (Å²) in [4.78, 5) is 40.2. The van der Waals surface area contributed by atoms with Crippen molar-refractivity contribution in [1.82, 2.24) is 15.1 Å². The summed E-state index contributed by atoms with van der Waals surface area (Å²) < 4.78 is 5.34. The first kappa shape index (κ1) is 25.1. The van der Waals surface area contributed by atoms with E-state index in [1.807, 2.05) is 36.4 Å². The number of rotatable bonds is 7. The van der Waals surface area contributed by atoms with Gasteiger partial charge in [0.2, 0.25) is 5.91 Å². The molecule has 1 fully saturated rings. The number of hydrogen-bond donors (Lipinski definition) is 2. The summed E-state index contributed by atoms with van der Waals surface area (Å²) in [5.74, 6) is 4.49. The number of Topliss-reactive ketones (excluding diaryl/α,β-unsaturated/α-hetero) is 1. The van der Waals surface area contributed by atoms with E-state index in [0.717, 1.165) is 54.4 Å². The molecular formula is C26H29N3O5. The Morgan fingerprint density at radius 2 is 1.65 bits per heavy atom. The van der Waals surface area contributed by atoms with E-state index in [-0.39, 0.29) is 0 Å². The van der Waals surface area contributed by atoms with Crippen molar-refractivity contribution in [3.8, 4) is 23.0 Å². The average molecular weight is 464 g/mol. The third kappa shape index (κ3) is 6.29. The number of benzene rings is 2. The van der Waals surface area contributed by atoms with Crippen LogP contribution < -0.4 is 5.32 Å². The van der Waals surface area contributed by atoms with Crippen LogP contribution in [0.25, 0.3) is 11.1 Å². The van der Waals surface area contributed by atoms with Gasteiger partial charge in [-0.1, -0.05) is 36.1 Å². The number of nitrogens with one attached hydrogen (secondary N) is 1. The van der Waals surface area contributed by atoms with E-state index in [1.54, 1.807) is 12.1 Å². The molecule has 0 aromatic heterocycles. The third-order valence-electron chi connectivity index (χ3n) is 5.65. The Bertz CT molecular complexity index is 1050. The van der Waals surface area contributed by atoms with E-state index in [9.17, 15) is 14.4 Å². The summed E-state index contributed by atoms with van der Waals surface area (Å²) >= 11 is 0. The lowest BCUT2D eigenvalue weighted by molar-refractivity contribution is -0.135. The number of ether oxygens (including phenoxy) is 1. The maximum absolute atomic E-state index is 12.8. The normalized spacial score (nSPS) is 14.4. The molecule has 34 heavy (non-hydrogen) atoms. The fourth-order valence-corrected chi connectivity index (χ4v) is 3.65. The van der Waals surface area contributed by atoms with E-state index in [0.29, 0.717) is 5.56 Å². The zero-order valence-electron chi connectivity index (χ0n) is 19.4. The molecule has 1 saturated heterocycles. The Kier molecular flexibility index (Phi) is 8.93. The van der Waals surface area contributed by atoms with Crippen molar-refractivity contribution in [2.24, 2.45) is 0 Å². The fourth-order valence-electron chi connectivity index (χ4n) is 3.65. The van der Waals surface area contributed by atoms with Gasteiger partial charge in [-0.3, -0.25) is 19.3 Å². The molecule has 0 saturated carbocycles. The number of carbonyl (C=O) groups excluding carboxylic acids is 3. The molecule has 8 heteroatoms. The average Bonchev–Trinajstić information content (AvgIpc) is 2.89. The minimum absolute atomic E-state index is 0.330. The van der Waals surface area contributed by atoms with Crippen LogP contribution >= 0.6 is 0 Å². The first-order chi connectivity index (χ1) is 16.4. The molecule has 0 spiro atoms. The van der Waals surface area contributed by atoms with Crippen molar-refractivity contribution in [3.05, 3.63) is 59.7 Å². The number of aliphatic hydroxyl groups excluding tert-OH is 1. The molecule has 3 rings (SSSR count). The largest absolute Gasteiger partial charge is 0.388 e. The Labute approximate surface area is 199 Å². The summed E-state index contributed by atoms with van der Waals surface area (Å²) in [6.45, 7) is 3.22. The molecule has 0 bridgehead atoms. The number of carbonyl (C=O) groups is 3. The molecule has 0 aliphatic carbocycles. The molecular weight excluding hydrogens is 434 g/mol. The molecule has 8 nitrogen and oxygen atoms in total. The molecule has 1 heterocycles. The standard InChI is InChI=1S/C26H29N3O5/c1-27-25(32)24(23(31)18-30)28(2)26(33)22-11-9-21(10-12-22)20-7-5-19(6-8-20)4-3-13-29-14-16-34-17-15-29/h5-12,24,30H,13-18H2,1-2H3,(H,27,32). The molecule has 0 radical (unpaired) electrons. The molecule has 2 amide bonds. The van der Waals surface area contributed by atoms with Crippen LogP contribution in [-0.2, 0) is 14.3 Å². The van der Waals surface area contributed by atoms with E-state index in [2.05, 4.69) is 22.1 Å². The first-order valence-electron chi connectivity index (χ1n) is 11.1. The van der Waals surface area contributed by atoms with Crippen LogP contribution in [0.4, 0.5) is 0 Å². The van der Waals surface area contributed by atoms with Crippen molar-refractivity contribution < 1.29 is 24.2 Å². The highest BCUT2D eigenvalue weighted by Crippen LogP contribution is 2.21. The van der Waals surface area contributed by atoms with Gasteiger partial charge in [-0.2, -0.15) is 0 Å². The quantitative estimate of drug-likeness (QED) is 0.465. The van der Waals surface area contributed by atoms with E-state index < -0.39 is 30.2 Å². The monoisotopic (exact) mass is 463 g/mol. The highest BCUT2D eigenvalue weighted by molar-refractivity contribution is 6.10. The molecule has 1 aliphatic rings. The Balaban J connectivity index is 1.66. The number of hydrogen-bond acceptors (Lipinski definition) is 6. The van der Waals surface area contributed by atoms with Gasteiger partial charge in [0, 0.05) is 38.3 Å². The van der Waals surface area contributed by atoms with Crippen molar-refractivity contribution in [2.75, 3.05) is 53.6 Å². The lowest BCUT2D eigenvalue weighted by Crippen LogP contribution is -2.52. The maximum Gasteiger partial charge on any atom is 0.254 e. The lowest BCUT2D eigenvalue weighted by atomic mass is 10.0. The van der Waals surface area contributed by atoms with Crippen LogP contribution in [-0.4, -0.2) is 92.1 Å². The van der Waals surface area contributed by atoms with E-state index >= 15 is 0 Å². The van der Waals surface area contributed by atoms with Gasteiger partial charge in [-0.15, -0.1) is 0 Å². The minimum atomic E-state index is -1.39. The van der Waals surface area contributed by atoms with Crippen molar-refractivity contribution in [3.63, 3.8) is 0 Å². The Morgan fingerprint density at radius 1 is 1.06 bits per heavy atom. The number of likely N-dealkylation sites (N-methyl/N-ethyl adjacent to an activating group) is 2. The van der Waals surface area contributed by atoms with E-state index in [1.165, 1.54) is 14.1 Å². The van der Waals surface area contributed by atoms with Gasteiger partial charge in [-0.05, 0) is 35.4 Å². The van der Waals surface area contributed by atoms with Crippen LogP contribution in [0.1, 0.15) is 15.9 Å². The van der Waals surface area contributed by atoms with Gasteiger partial charge in [0.1, 0.15) is 6.61 Å². The SMILES string of the molecule is CNC(=O)C(C(=O)CO)N(C)C(=O)c1ccc(-c2ccc(C#CCN3CCOCC3)cc2)cc1. The second-order valence-electron chi connectivity index (χ2n) is 7.90. The fraction of sp³-hybridized carbons (Fsp3) is 0.346. The van der Waals surface area contributed by atoms with Crippen molar-refractivity contribution in [2.45, 2.75) is 6.04 Å². The third-order valence-corrected chi connectivity index (χ3v) is 5.65. The second-order valence-corrected chi connectivity index (χ2v) is 7.90. The van der Waals surface area contributed by atoms with Gasteiger partial charge in [-0.25, -0.2) is 0 Å². The van der Waals surface area contributed by atoms with Crippen LogP contribution in [0.15, 0.2) is 48.5 Å². The summed E-state index contributed by atoms with van der Waals surface area (Å²) in [6, 6.07) is 13.4. The highest BCUT2D eigenvalue weighted by atomic mass is 16.5. The zero-order valence-corrected chi connectivity index (χ0v) is 19.4. The van der Waals surface area contributed by atoms with Crippen LogP contribution in [0.5, 0.6) is 0 Å². The molecule has 2 aromatic rings. The Hall–Kier alpha value is -3.51. The van der Waals surface area contributed by atoms with Gasteiger partial charge in [0.05, 0.1) is 19.8 Å². The highest BCUT2D eigenvalue weighted by Gasteiger charge is 2.32. The van der Waals surface area contributed by atoms with E-state index in [4.69, 9.17) is 9.84 Å². The summed E-state index contributed by atoms with van der Waals surface area (Å²) in [5, 5.41) is 11.5. The lowest BCUT2D eigenvalue weighted by Gasteiger charge is -2.25. The number of nitrogens with zero attached hydrogens (tertiary/aromatic N) is 2. The molecule has 178 valence electrons. The minimum Gasteiger partial charge on any atom is -0.388 e. The molecule has 1 unspecified atom stereocenters.